The smallest absolute Gasteiger partial charge is 0.232 e. The van der Waals surface area contributed by atoms with Gasteiger partial charge in [0.25, 0.3) is 0 Å². The van der Waals surface area contributed by atoms with Crippen LogP contribution in [0.25, 0.3) is 0 Å². The zero-order valence-corrected chi connectivity index (χ0v) is 17.9. The van der Waals surface area contributed by atoms with Crippen molar-refractivity contribution in [2.75, 3.05) is 5.32 Å². The molecule has 30 heavy (non-hydrogen) atoms. The summed E-state index contributed by atoms with van der Waals surface area (Å²) in [5.41, 5.74) is 0.576. The standard InChI is InChI=1S/C21H25ClN6O2/c1-12-10-25-16(11-24-12)26-15-6-4-5-14(18(15)22)21(3)9-17(29)28(19(23)27-21)13-7-20(2,30)8-13/h4-6,10-11,13,30H,7-9H2,1-3H3,(H2,23,27)(H,25,26)/t13-,20+,21-/m0/s1. The topological polar surface area (TPSA) is 114 Å². The average Bonchev–Trinajstić information content (AvgIpc) is 2.63. The molecule has 0 spiro atoms. The first-order valence-electron chi connectivity index (χ1n) is 9.84. The summed E-state index contributed by atoms with van der Waals surface area (Å²) in [4.78, 5) is 22.9. The minimum Gasteiger partial charge on any atom is -0.390 e. The first-order chi connectivity index (χ1) is 14.1. The lowest BCUT2D eigenvalue weighted by atomic mass is 9.75. The number of halogens is 1. The largest absolute Gasteiger partial charge is 0.390 e. The summed E-state index contributed by atoms with van der Waals surface area (Å²) < 4.78 is 0. The van der Waals surface area contributed by atoms with Crippen LogP contribution < -0.4 is 10.6 Å². The molecule has 9 heteroatoms. The molecule has 1 aliphatic heterocycles. The normalized spacial score (nSPS) is 28.7. The zero-order chi connectivity index (χ0) is 21.7. The van der Waals surface area contributed by atoms with Crippen LogP contribution in [0.2, 0.25) is 5.02 Å². The second-order valence-corrected chi connectivity index (χ2v) is 9.02. The Bertz CT molecular complexity index is 981. The van der Waals surface area contributed by atoms with E-state index >= 15 is 0 Å². The van der Waals surface area contributed by atoms with Gasteiger partial charge in [0.05, 0.1) is 46.4 Å². The maximum absolute atomic E-state index is 12.9. The maximum Gasteiger partial charge on any atom is 0.232 e. The van der Waals surface area contributed by atoms with Gasteiger partial charge in [0.1, 0.15) is 5.82 Å². The van der Waals surface area contributed by atoms with Crippen molar-refractivity contribution < 1.29 is 9.90 Å². The van der Waals surface area contributed by atoms with E-state index in [0.717, 1.165) is 5.69 Å². The average molecular weight is 429 g/mol. The first-order valence-corrected chi connectivity index (χ1v) is 10.2. The second kappa shape index (κ2) is 7.21. The number of nitrogens with one attached hydrogen (secondary N) is 3. The van der Waals surface area contributed by atoms with Gasteiger partial charge in [-0.15, -0.1) is 0 Å². The molecule has 158 valence electrons. The molecule has 8 nitrogen and oxygen atoms in total. The summed E-state index contributed by atoms with van der Waals surface area (Å²) in [5, 5.41) is 25.2. The number of amides is 1. The molecular weight excluding hydrogens is 404 g/mol. The number of carbonyl (C=O) groups is 1. The van der Waals surface area contributed by atoms with Crippen molar-refractivity contribution in [2.45, 2.75) is 57.2 Å². The van der Waals surface area contributed by atoms with Gasteiger partial charge in [0.2, 0.25) is 5.91 Å². The maximum atomic E-state index is 12.9. The Morgan fingerprint density at radius 2 is 2.03 bits per heavy atom. The van der Waals surface area contributed by atoms with E-state index in [1.54, 1.807) is 19.3 Å². The summed E-state index contributed by atoms with van der Waals surface area (Å²) >= 11 is 6.70. The van der Waals surface area contributed by atoms with E-state index in [4.69, 9.17) is 17.0 Å². The Labute approximate surface area is 180 Å². The highest BCUT2D eigenvalue weighted by molar-refractivity contribution is 6.34. The monoisotopic (exact) mass is 428 g/mol. The van der Waals surface area contributed by atoms with Crippen LogP contribution >= 0.6 is 11.6 Å². The summed E-state index contributed by atoms with van der Waals surface area (Å²) in [5.74, 6) is 0.446. The van der Waals surface area contributed by atoms with Gasteiger partial charge in [-0.25, -0.2) is 4.98 Å². The number of aromatic nitrogens is 2. The lowest BCUT2D eigenvalue weighted by molar-refractivity contribution is -0.139. The van der Waals surface area contributed by atoms with Gasteiger partial charge in [0, 0.05) is 6.04 Å². The Morgan fingerprint density at radius 1 is 1.30 bits per heavy atom. The highest BCUT2D eigenvalue weighted by atomic mass is 35.5. The van der Waals surface area contributed by atoms with Crippen LogP contribution in [0.15, 0.2) is 30.6 Å². The number of anilines is 2. The molecule has 1 aromatic carbocycles. The molecule has 1 aromatic heterocycles. The molecular formula is C21H25ClN6O2. The predicted octanol–water partition coefficient (Wildman–Crippen LogP) is 3.07. The van der Waals surface area contributed by atoms with E-state index in [9.17, 15) is 9.90 Å². The third-order valence-corrected chi connectivity index (χ3v) is 6.17. The summed E-state index contributed by atoms with van der Waals surface area (Å²) in [6.07, 6.45) is 4.39. The van der Waals surface area contributed by atoms with Gasteiger partial charge >= 0.3 is 0 Å². The van der Waals surface area contributed by atoms with Crippen molar-refractivity contribution in [2.24, 2.45) is 0 Å². The third kappa shape index (κ3) is 3.73. The van der Waals surface area contributed by atoms with Crippen LogP contribution in [0.1, 0.15) is 44.4 Å². The minimum absolute atomic E-state index is 0.0353. The van der Waals surface area contributed by atoms with Crippen LogP contribution in [0.5, 0.6) is 0 Å². The molecule has 0 unspecified atom stereocenters. The number of hydrogen-bond acceptors (Lipinski definition) is 6. The molecule has 1 aliphatic carbocycles. The van der Waals surface area contributed by atoms with Crippen molar-refractivity contribution in [1.82, 2.24) is 20.2 Å². The number of carbonyl (C=O) groups excluding carboxylic acids is 1. The fraction of sp³-hybridized carbons (Fsp3) is 0.429. The molecule has 2 heterocycles. The van der Waals surface area contributed by atoms with E-state index in [2.05, 4.69) is 20.6 Å². The highest BCUT2D eigenvalue weighted by Gasteiger charge is 2.49. The van der Waals surface area contributed by atoms with Gasteiger partial charge in [-0.2, -0.15) is 0 Å². The van der Waals surface area contributed by atoms with E-state index in [-0.39, 0.29) is 24.3 Å². The quantitative estimate of drug-likeness (QED) is 0.595. The number of aliphatic hydroxyl groups is 1. The second-order valence-electron chi connectivity index (χ2n) is 8.64. The lowest BCUT2D eigenvalue weighted by Gasteiger charge is -2.50. The fourth-order valence-electron chi connectivity index (χ4n) is 4.21. The number of hydrogen-bond donors (Lipinski definition) is 4. The molecule has 1 atom stereocenters. The Hall–Kier alpha value is -2.71. The Morgan fingerprint density at radius 3 is 2.63 bits per heavy atom. The molecule has 2 fully saturated rings. The molecule has 1 saturated heterocycles. The summed E-state index contributed by atoms with van der Waals surface area (Å²) in [6.45, 7) is 5.47. The van der Waals surface area contributed by atoms with E-state index < -0.39 is 11.1 Å². The molecule has 2 aliphatic rings. The Balaban J connectivity index is 1.57. The van der Waals surface area contributed by atoms with Crippen molar-refractivity contribution in [3.63, 3.8) is 0 Å². The lowest BCUT2D eigenvalue weighted by Crippen LogP contribution is -2.66. The number of benzene rings is 1. The molecule has 2 aromatic rings. The number of guanidine groups is 1. The van der Waals surface area contributed by atoms with E-state index in [1.165, 1.54) is 4.90 Å². The third-order valence-electron chi connectivity index (χ3n) is 5.76. The highest BCUT2D eigenvalue weighted by Crippen LogP contribution is 2.41. The van der Waals surface area contributed by atoms with Gasteiger partial charge in [-0.3, -0.25) is 20.1 Å². The fourth-order valence-corrected chi connectivity index (χ4v) is 4.60. The summed E-state index contributed by atoms with van der Waals surface area (Å²) in [7, 11) is 0. The van der Waals surface area contributed by atoms with Crippen molar-refractivity contribution in [3.8, 4) is 0 Å². The number of nitrogens with zero attached hydrogens (tertiary/aromatic N) is 3. The van der Waals surface area contributed by atoms with Gasteiger partial charge in [-0.05, 0) is 45.2 Å². The van der Waals surface area contributed by atoms with E-state index in [0.29, 0.717) is 34.9 Å². The van der Waals surface area contributed by atoms with Crippen LogP contribution in [-0.2, 0) is 10.3 Å². The van der Waals surface area contributed by atoms with Crippen LogP contribution in [0, 0.1) is 12.3 Å². The van der Waals surface area contributed by atoms with Crippen molar-refractivity contribution >= 4 is 35.0 Å². The number of rotatable bonds is 4. The minimum atomic E-state index is -0.829. The number of aryl methyl sites for hydroxylation is 1. The molecule has 4 N–H and O–H groups in total. The van der Waals surface area contributed by atoms with Crippen LogP contribution in [0.4, 0.5) is 11.5 Å². The molecule has 0 radical (unpaired) electrons. The van der Waals surface area contributed by atoms with Gasteiger partial charge < -0.3 is 15.7 Å². The Kier molecular flexibility index (Phi) is 4.94. The van der Waals surface area contributed by atoms with Crippen LogP contribution in [0.3, 0.4) is 0 Å². The van der Waals surface area contributed by atoms with Crippen molar-refractivity contribution in [1.29, 1.82) is 5.41 Å². The zero-order valence-electron chi connectivity index (χ0n) is 17.2. The SMILES string of the molecule is Cc1cnc(Nc2cccc([C@]3(C)CC(=O)N([C@H]4C[C@@](C)(O)C4)C(=N)N3)c2Cl)cn1. The van der Waals surface area contributed by atoms with Crippen LogP contribution in [-0.4, -0.2) is 43.5 Å². The molecule has 1 saturated carbocycles. The van der Waals surface area contributed by atoms with E-state index in [1.807, 2.05) is 32.0 Å². The molecule has 1 amide bonds. The molecule has 4 rings (SSSR count). The van der Waals surface area contributed by atoms with Gasteiger partial charge in [-0.1, -0.05) is 23.7 Å². The summed E-state index contributed by atoms with van der Waals surface area (Å²) in [6, 6.07) is 5.38. The van der Waals surface area contributed by atoms with Gasteiger partial charge in [0.15, 0.2) is 5.96 Å². The predicted molar refractivity (Wildman–Crippen MR) is 115 cm³/mol. The molecule has 0 bridgehead atoms. The first kappa shape index (κ1) is 20.6. The van der Waals surface area contributed by atoms with Crippen molar-refractivity contribution in [3.05, 3.63) is 46.9 Å².